The zero-order valence-corrected chi connectivity index (χ0v) is 18.2. The number of methoxy groups -OCH3 is 2. The van der Waals surface area contributed by atoms with E-state index in [9.17, 15) is 9.59 Å². The lowest BCUT2D eigenvalue weighted by Crippen LogP contribution is -2.46. The van der Waals surface area contributed by atoms with Crippen molar-refractivity contribution in [2.75, 3.05) is 45.4 Å². The zero-order valence-electron chi connectivity index (χ0n) is 18.2. The van der Waals surface area contributed by atoms with Crippen molar-refractivity contribution in [1.82, 2.24) is 10.6 Å². The third-order valence-corrected chi connectivity index (χ3v) is 5.50. The lowest BCUT2D eigenvalue weighted by atomic mass is 10.0. The van der Waals surface area contributed by atoms with Crippen LogP contribution in [-0.2, 0) is 16.0 Å². The first-order chi connectivity index (χ1) is 15.1. The first kappa shape index (κ1) is 22.6. The van der Waals surface area contributed by atoms with E-state index in [1.165, 1.54) is 7.11 Å². The van der Waals surface area contributed by atoms with Gasteiger partial charge in [0, 0.05) is 38.5 Å². The molecule has 1 aliphatic rings. The van der Waals surface area contributed by atoms with E-state index < -0.39 is 0 Å². The van der Waals surface area contributed by atoms with Crippen molar-refractivity contribution in [2.24, 2.45) is 0 Å². The second-order valence-corrected chi connectivity index (χ2v) is 7.60. The van der Waals surface area contributed by atoms with Crippen molar-refractivity contribution in [3.05, 3.63) is 59.7 Å². The minimum absolute atomic E-state index is 0.0814. The van der Waals surface area contributed by atoms with E-state index >= 15 is 0 Å². The number of nitrogens with zero attached hydrogens (tertiary/aromatic N) is 1. The third-order valence-electron chi connectivity index (χ3n) is 5.50. The van der Waals surface area contributed by atoms with Gasteiger partial charge in [0.15, 0.2) is 0 Å². The predicted octanol–water partition coefficient (Wildman–Crippen LogP) is 2.40. The van der Waals surface area contributed by atoms with E-state index in [2.05, 4.69) is 15.5 Å². The maximum Gasteiger partial charge on any atom is 0.253 e. The fourth-order valence-corrected chi connectivity index (χ4v) is 3.92. The van der Waals surface area contributed by atoms with Gasteiger partial charge in [-0.15, -0.1) is 0 Å². The van der Waals surface area contributed by atoms with Gasteiger partial charge in [-0.1, -0.05) is 30.3 Å². The summed E-state index contributed by atoms with van der Waals surface area (Å²) >= 11 is 0. The molecule has 2 amide bonds. The molecule has 1 aliphatic heterocycles. The molecule has 0 aliphatic carbocycles. The van der Waals surface area contributed by atoms with E-state index in [1.54, 1.807) is 7.11 Å². The standard InChI is InChI=1S/C24H31N3O4/c1-30-17-23(28)26-19-12-15-27(16-13-19)21-9-5-4-8-20(21)24(29)25-14-11-18-7-3-6-10-22(18)31-2/h3-10,19H,11-17H2,1-2H3,(H,25,29)(H,26,28). The summed E-state index contributed by atoms with van der Waals surface area (Å²) in [6.45, 7) is 2.17. The number of para-hydroxylation sites is 2. The van der Waals surface area contributed by atoms with Gasteiger partial charge in [0.05, 0.1) is 12.7 Å². The van der Waals surface area contributed by atoms with Crippen LogP contribution in [0.3, 0.4) is 0 Å². The average Bonchev–Trinajstić information content (AvgIpc) is 2.80. The van der Waals surface area contributed by atoms with E-state index in [-0.39, 0.29) is 24.5 Å². The van der Waals surface area contributed by atoms with Gasteiger partial charge < -0.3 is 25.0 Å². The van der Waals surface area contributed by atoms with Gasteiger partial charge in [0.2, 0.25) is 5.91 Å². The summed E-state index contributed by atoms with van der Waals surface area (Å²) in [5, 5.41) is 6.04. The van der Waals surface area contributed by atoms with Crippen molar-refractivity contribution < 1.29 is 19.1 Å². The average molecular weight is 426 g/mol. The van der Waals surface area contributed by atoms with Gasteiger partial charge in [-0.25, -0.2) is 0 Å². The fraction of sp³-hybridized carbons (Fsp3) is 0.417. The summed E-state index contributed by atoms with van der Waals surface area (Å²) in [4.78, 5) is 26.8. The molecule has 3 rings (SSSR count). The second kappa shape index (κ2) is 11.4. The highest BCUT2D eigenvalue weighted by Crippen LogP contribution is 2.24. The molecular weight excluding hydrogens is 394 g/mol. The van der Waals surface area contributed by atoms with Gasteiger partial charge >= 0.3 is 0 Å². The van der Waals surface area contributed by atoms with Crippen LogP contribution in [0, 0.1) is 0 Å². The molecule has 166 valence electrons. The number of carbonyl (C=O) groups excluding carboxylic acids is 2. The van der Waals surface area contributed by atoms with Crippen molar-refractivity contribution in [3.8, 4) is 5.75 Å². The van der Waals surface area contributed by atoms with Crippen molar-refractivity contribution in [2.45, 2.75) is 25.3 Å². The lowest BCUT2D eigenvalue weighted by Gasteiger charge is -2.34. The largest absolute Gasteiger partial charge is 0.496 e. The number of ether oxygens (including phenoxy) is 2. The van der Waals surface area contributed by atoms with E-state index in [0.29, 0.717) is 18.5 Å². The summed E-state index contributed by atoms with van der Waals surface area (Å²) < 4.78 is 10.3. The van der Waals surface area contributed by atoms with Crippen LogP contribution in [0.2, 0.25) is 0 Å². The van der Waals surface area contributed by atoms with Crippen molar-refractivity contribution in [3.63, 3.8) is 0 Å². The number of benzene rings is 2. The summed E-state index contributed by atoms with van der Waals surface area (Å²) in [5.41, 5.74) is 2.67. The molecule has 0 atom stereocenters. The minimum atomic E-state index is -0.0872. The molecular formula is C24H31N3O4. The zero-order chi connectivity index (χ0) is 22.1. The predicted molar refractivity (Wildman–Crippen MR) is 121 cm³/mol. The highest BCUT2D eigenvalue weighted by molar-refractivity contribution is 5.99. The number of amides is 2. The third kappa shape index (κ3) is 6.21. The van der Waals surface area contributed by atoms with Crippen LogP contribution >= 0.6 is 0 Å². The molecule has 0 spiro atoms. The Hall–Kier alpha value is -3.06. The summed E-state index contributed by atoms with van der Waals surface area (Å²) in [7, 11) is 3.17. The first-order valence-corrected chi connectivity index (χ1v) is 10.6. The van der Waals surface area contributed by atoms with Crippen LogP contribution < -0.4 is 20.3 Å². The Bertz CT molecular complexity index is 879. The fourth-order valence-electron chi connectivity index (χ4n) is 3.92. The van der Waals surface area contributed by atoms with Crippen LogP contribution in [0.4, 0.5) is 5.69 Å². The number of carbonyl (C=O) groups is 2. The summed E-state index contributed by atoms with van der Waals surface area (Å²) in [6, 6.07) is 15.7. The van der Waals surface area contributed by atoms with Crippen LogP contribution in [0.25, 0.3) is 0 Å². The van der Waals surface area contributed by atoms with Crippen LogP contribution in [0.15, 0.2) is 48.5 Å². The van der Waals surface area contributed by atoms with Crippen LogP contribution in [0.5, 0.6) is 5.75 Å². The summed E-state index contributed by atoms with van der Waals surface area (Å²) in [6.07, 6.45) is 2.36. The van der Waals surface area contributed by atoms with Crippen LogP contribution in [-0.4, -0.2) is 58.3 Å². The molecule has 2 aromatic rings. The molecule has 7 nitrogen and oxygen atoms in total. The van der Waals surface area contributed by atoms with Gasteiger partial charge in [-0.05, 0) is 43.0 Å². The van der Waals surface area contributed by atoms with E-state index in [0.717, 1.165) is 42.9 Å². The highest BCUT2D eigenvalue weighted by atomic mass is 16.5. The minimum Gasteiger partial charge on any atom is -0.496 e. The molecule has 1 saturated heterocycles. The SMILES string of the molecule is COCC(=O)NC1CCN(c2ccccc2C(=O)NCCc2ccccc2OC)CC1. The van der Waals surface area contributed by atoms with Crippen LogP contribution in [0.1, 0.15) is 28.8 Å². The van der Waals surface area contributed by atoms with Gasteiger partial charge in [0.25, 0.3) is 5.91 Å². The number of hydrogen-bond acceptors (Lipinski definition) is 5. The molecule has 2 N–H and O–H groups in total. The topological polar surface area (TPSA) is 79.9 Å². The number of piperidine rings is 1. The Morgan fingerprint density at radius 2 is 1.74 bits per heavy atom. The monoisotopic (exact) mass is 425 g/mol. The Morgan fingerprint density at radius 1 is 1.03 bits per heavy atom. The first-order valence-electron chi connectivity index (χ1n) is 10.6. The van der Waals surface area contributed by atoms with E-state index in [4.69, 9.17) is 9.47 Å². The van der Waals surface area contributed by atoms with Gasteiger partial charge in [0.1, 0.15) is 12.4 Å². The second-order valence-electron chi connectivity index (χ2n) is 7.60. The molecule has 1 fully saturated rings. The Labute approximate surface area is 183 Å². The summed E-state index contributed by atoms with van der Waals surface area (Å²) in [5.74, 6) is 0.661. The number of anilines is 1. The maximum absolute atomic E-state index is 12.9. The molecule has 0 saturated carbocycles. The molecule has 0 unspecified atom stereocenters. The number of nitrogens with one attached hydrogen (secondary N) is 2. The van der Waals surface area contributed by atoms with Gasteiger partial charge in [-0.2, -0.15) is 0 Å². The highest BCUT2D eigenvalue weighted by Gasteiger charge is 2.23. The quantitative estimate of drug-likeness (QED) is 0.645. The Balaban J connectivity index is 1.56. The molecule has 0 bridgehead atoms. The molecule has 1 heterocycles. The van der Waals surface area contributed by atoms with Crippen molar-refractivity contribution in [1.29, 1.82) is 0 Å². The molecule has 0 aromatic heterocycles. The number of rotatable bonds is 9. The normalized spacial score (nSPS) is 14.2. The Morgan fingerprint density at radius 3 is 2.48 bits per heavy atom. The van der Waals surface area contributed by atoms with Gasteiger partial charge in [-0.3, -0.25) is 9.59 Å². The van der Waals surface area contributed by atoms with E-state index in [1.807, 2.05) is 48.5 Å². The molecule has 31 heavy (non-hydrogen) atoms. The molecule has 7 heteroatoms. The maximum atomic E-state index is 12.9. The molecule has 0 radical (unpaired) electrons. The smallest absolute Gasteiger partial charge is 0.253 e. The molecule has 2 aromatic carbocycles. The number of hydrogen-bond donors (Lipinski definition) is 2. The Kier molecular flexibility index (Phi) is 8.29. The van der Waals surface area contributed by atoms with Crippen molar-refractivity contribution >= 4 is 17.5 Å². The lowest BCUT2D eigenvalue weighted by molar-refractivity contribution is -0.125.